The first-order valence-corrected chi connectivity index (χ1v) is 8.32. The van der Waals surface area contributed by atoms with E-state index in [-0.39, 0.29) is 23.4 Å². The summed E-state index contributed by atoms with van der Waals surface area (Å²) in [5.41, 5.74) is 1.47. The Labute approximate surface area is 136 Å². The first-order valence-electron chi connectivity index (χ1n) is 8.32. The summed E-state index contributed by atoms with van der Waals surface area (Å²) >= 11 is 0. The highest BCUT2D eigenvalue weighted by atomic mass is 16.4. The van der Waals surface area contributed by atoms with Crippen LogP contribution in [0.5, 0.6) is 0 Å². The van der Waals surface area contributed by atoms with Crippen molar-refractivity contribution in [3.05, 3.63) is 35.9 Å². The number of carboxylic acids is 1. The first-order chi connectivity index (χ1) is 11.0. The lowest BCUT2D eigenvalue weighted by Crippen LogP contribution is -2.55. The first kappa shape index (κ1) is 15.8. The molecule has 0 unspecified atom stereocenters. The Bertz CT molecular complexity index is 573. The van der Waals surface area contributed by atoms with Crippen molar-refractivity contribution in [1.82, 2.24) is 10.2 Å². The number of likely N-dealkylation sites (tertiary alicyclic amines) is 1. The average Bonchev–Trinajstić information content (AvgIpc) is 2.54. The minimum atomic E-state index is -0.748. The molecule has 0 radical (unpaired) electrons. The fourth-order valence-electron chi connectivity index (χ4n) is 3.80. The zero-order chi connectivity index (χ0) is 16.4. The summed E-state index contributed by atoms with van der Waals surface area (Å²) in [7, 11) is 0. The van der Waals surface area contributed by atoms with Crippen LogP contribution in [-0.4, -0.2) is 41.1 Å². The quantitative estimate of drug-likeness (QED) is 0.900. The Morgan fingerprint density at radius 3 is 2.35 bits per heavy atom. The molecule has 0 atom stereocenters. The number of urea groups is 1. The van der Waals surface area contributed by atoms with Gasteiger partial charge in [-0.1, -0.05) is 37.3 Å². The SMILES string of the molecule is CC1(c2ccccc2)CC(NC(=O)N2CCC(C(=O)O)CC2)C1. The number of amides is 2. The Hall–Kier alpha value is -2.04. The molecule has 0 bridgehead atoms. The lowest BCUT2D eigenvalue weighted by Gasteiger charge is -2.46. The van der Waals surface area contributed by atoms with Gasteiger partial charge < -0.3 is 15.3 Å². The number of nitrogens with one attached hydrogen (secondary N) is 1. The van der Waals surface area contributed by atoms with Gasteiger partial charge >= 0.3 is 12.0 Å². The molecule has 3 rings (SSSR count). The number of nitrogens with zero attached hydrogens (tertiary/aromatic N) is 1. The van der Waals surface area contributed by atoms with Crippen molar-refractivity contribution in [3.63, 3.8) is 0 Å². The van der Waals surface area contributed by atoms with Crippen molar-refractivity contribution in [3.8, 4) is 0 Å². The number of carboxylic acid groups (broad SMARTS) is 1. The summed E-state index contributed by atoms with van der Waals surface area (Å²) in [5, 5.41) is 12.1. The molecule has 0 aromatic heterocycles. The van der Waals surface area contributed by atoms with Crippen molar-refractivity contribution in [1.29, 1.82) is 0 Å². The normalized spacial score (nSPS) is 28.0. The van der Waals surface area contributed by atoms with Gasteiger partial charge in [-0.3, -0.25) is 4.79 Å². The van der Waals surface area contributed by atoms with Gasteiger partial charge in [-0.25, -0.2) is 4.79 Å². The summed E-state index contributed by atoms with van der Waals surface area (Å²) in [6.45, 7) is 3.31. The molecule has 5 heteroatoms. The van der Waals surface area contributed by atoms with Gasteiger partial charge in [0.05, 0.1) is 5.92 Å². The zero-order valence-corrected chi connectivity index (χ0v) is 13.5. The van der Waals surface area contributed by atoms with Crippen LogP contribution in [0, 0.1) is 5.92 Å². The smallest absolute Gasteiger partial charge is 0.317 e. The van der Waals surface area contributed by atoms with Gasteiger partial charge in [0.15, 0.2) is 0 Å². The van der Waals surface area contributed by atoms with Gasteiger partial charge in [-0.2, -0.15) is 0 Å². The molecule has 2 N–H and O–H groups in total. The van der Waals surface area contributed by atoms with Crippen LogP contribution in [0.25, 0.3) is 0 Å². The van der Waals surface area contributed by atoms with E-state index >= 15 is 0 Å². The van der Waals surface area contributed by atoms with Crippen molar-refractivity contribution in [2.24, 2.45) is 5.92 Å². The fraction of sp³-hybridized carbons (Fsp3) is 0.556. The second-order valence-electron chi connectivity index (χ2n) is 7.08. The maximum absolute atomic E-state index is 12.3. The number of rotatable bonds is 3. The number of benzene rings is 1. The van der Waals surface area contributed by atoms with Crippen LogP contribution in [0.2, 0.25) is 0 Å². The summed E-state index contributed by atoms with van der Waals surface area (Å²) < 4.78 is 0. The van der Waals surface area contributed by atoms with E-state index < -0.39 is 5.97 Å². The minimum absolute atomic E-state index is 0.0473. The van der Waals surface area contributed by atoms with E-state index in [0.717, 1.165) is 12.8 Å². The highest BCUT2D eigenvalue weighted by Crippen LogP contribution is 2.43. The molecule has 5 nitrogen and oxygen atoms in total. The highest BCUT2D eigenvalue weighted by molar-refractivity contribution is 5.76. The molecule has 2 aliphatic rings. The van der Waals surface area contributed by atoms with Gasteiger partial charge in [-0.05, 0) is 36.7 Å². The molecule has 1 aliphatic heterocycles. The average molecular weight is 316 g/mol. The third kappa shape index (κ3) is 3.33. The molecule has 2 amide bonds. The molecule has 1 saturated heterocycles. The lowest BCUT2D eigenvalue weighted by molar-refractivity contribution is -0.143. The molecule has 1 aliphatic carbocycles. The molecule has 1 aromatic carbocycles. The third-order valence-corrected chi connectivity index (χ3v) is 5.32. The van der Waals surface area contributed by atoms with Crippen LogP contribution in [0.3, 0.4) is 0 Å². The highest BCUT2D eigenvalue weighted by Gasteiger charge is 2.42. The van der Waals surface area contributed by atoms with Gasteiger partial charge in [0, 0.05) is 19.1 Å². The predicted octanol–water partition coefficient (Wildman–Crippen LogP) is 2.61. The molecular formula is C18H24N2O3. The van der Waals surface area contributed by atoms with E-state index in [0.29, 0.717) is 25.9 Å². The second-order valence-corrected chi connectivity index (χ2v) is 7.08. The van der Waals surface area contributed by atoms with Crippen molar-refractivity contribution in [2.75, 3.05) is 13.1 Å². The van der Waals surface area contributed by atoms with Gasteiger partial charge in [0.1, 0.15) is 0 Å². The van der Waals surface area contributed by atoms with E-state index in [2.05, 4.69) is 36.5 Å². The number of aliphatic carboxylic acids is 1. The fourth-order valence-corrected chi connectivity index (χ4v) is 3.80. The number of hydrogen-bond acceptors (Lipinski definition) is 2. The number of piperidine rings is 1. The maximum atomic E-state index is 12.3. The number of carbonyl (C=O) groups is 2. The molecule has 124 valence electrons. The summed E-state index contributed by atoms with van der Waals surface area (Å²) in [4.78, 5) is 25.0. The second kappa shape index (κ2) is 6.22. The largest absolute Gasteiger partial charge is 0.481 e. The molecule has 1 heterocycles. The molecule has 1 saturated carbocycles. The standard InChI is InChI=1S/C18H24N2O3/c1-18(14-5-3-2-4-6-14)11-15(12-18)19-17(23)20-9-7-13(8-10-20)16(21)22/h2-6,13,15H,7-12H2,1H3,(H,19,23)(H,21,22). The van der Waals surface area contributed by atoms with Crippen LogP contribution >= 0.6 is 0 Å². The topological polar surface area (TPSA) is 69.6 Å². The molecule has 1 aromatic rings. The van der Waals surface area contributed by atoms with Crippen molar-refractivity contribution >= 4 is 12.0 Å². The third-order valence-electron chi connectivity index (χ3n) is 5.32. The summed E-state index contributed by atoms with van der Waals surface area (Å²) in [5.74, 6) is -1.05. The summed E-state index contributed by atoms with van der Waals surface area (Å²) in [6.07, 6.45) is 3.01. The van der Waals surface area contributed by atoms with Crippen molar-refractivity contribution < 1.29 is 14.7 Å². The Morgan fingerprint density at radius 2 is 1.78 bits per heavy atom. The minimum Gasteiger partial charge on any atom is -0.481 e. The maximum Gasteiger partial charge on any atom is 0.317 e. The van der Waals surface area contributed by atoms with Crippen LogP contribution in [0.4, 0.5) is 4.79 Å². The van der Waals surface area contributed by atoms with Gasteiger partial charge in [0.25, 0.3) is 0 Å². The van der Waals surface area contributed by atoms with Crippen LogP contribution in [-0.2, 0) is 10.2 Å². The van der Waals surface area contributed by atoms with Gasteiger partial charge in [0.2, 0.25) is 0 Å². The monoisotopic (exact) mass is 316 g/mol. The molecule has 0 spiro atoms. The zero-order valence-electron chi connectivity index (χ0n) is 13.5. The Kier molecular flexibility index (Phi) is 4.28. The molecular weight excluding hydrogens is 292 g/mol. The molecule has 2 fully saturated rings. The van der Waals surface area contributed by atoms with E-state index in [4.69, 9.17) is 5.11 Å². The predicted molar refractivity (Wildman–Crippen MR) is 87.3 cm³/mol. The van der Waals surface area contributed by atoms with E-state index in [1.165, 1.54) is 5.56 Å². The van der Waals surface area contributed by atoms with Crippen LogP contribution in [0.1, 0.15) is 38.2 Å². The Balaban J connectivity index is 1.47. The molecule has 23 heavy (non-hydrogen) atoms. The number of hydrogen-bond donors (Lipinski definition) is 2. The van der Waals surface area contributed by atoms with Gasteiger partial charge in [-0.15, -0.1) is 0 Å². The van der Waals surface area contributed by atoms with E-state index in [1.807, 2.05) is 6.07 Å². The van der Waals surface area contributed by atoms with Crippen molar-refractivity contribution in [2.45, 2.75) is 44.1 Å². The van der Waals surface area contributed by atoms with Crippen LogP contribution < -0.4 is 5.32 Å². The van der Waals surface area contributed by atoms with Crippen LogP contribution in [0.15, 0.2) is 30.3 Å². The number of carbonyl (C=O) groups excluding carboxylic acids is 1. The Morgan fingerprint density at radius 1 is 1.17 bits per heavy atom. The lowest BCUT2D eigenvalue weighted by atomic mass is 9.63. The van der Waals surface area contributed by atoms with E-state index in [9.17, 15) is 9.59 Å². The van der Waals surface area contributed by atoms with E-state index in [1.54, 1.807) is 4.90 Å². The summed E-state index contributed by atoms with van der Waals surface area (Å²) in [6, 6.07) is 10.6.